The van der Waals surface area contributed by atoms with Crippen LogP contribution in [0.15, 0.2) is 0 Å². The van der Waals surface area contributed by atoms with E-state index in [1.54, 1.807) is 6.92 Å². The third-order valence-electron chi connectivity index (χ3n) is 1.66. The van der Waals surface area contributed by atoms with Crippen molar-refractivity contribution in [3.8, 4) is 0 Å². The number of unbranched alkanes of at least 4 members (excludes halogenated alkanes) is 2. The van der Waals surface area contributed by atoms with Gasteiger partial charge in [-0.25, -0.2) is 0 Å². The summed E-state index contributed by atoms with van der Waals surface area (Å²) in [4.78, 5) is 10.3. The van der Waals surface area contributed by atoms with E-state index in [-0.39, 0.29) is 5.92 Å². The first-order valence-corrected chi connectivity index (χ1v) is 4.91. The van der Waals surface area contributed by atoms with Crippen LogP contribution in [0, 0.1) is 5.92 Å². The van der Waals surface area contributed by atoms with Gasteiger partial charge in [-0.05, 0) is 6.42 Å². The summed E-state index contributed by atoms with van der Waals surface area (Å²) in [5, 5.41) is 8.48. The zero-order valence-corrected chi connectivity index (χ0v) is 8.76. The zero-order chi connectivity index (χ0) is 9.98. The van der Waals surface area contributed by atoms with E-state index in [1.807, 2.05) is 13.8 Å². The molecule has 0 saturated heterocycles. The predicted molar refractivity (Wildman–Crippen MR) is 52.3 cm³/mol. The molecule has 12 heavy (non-hydrogen) atoms. The van der Waals surface area contributed by atoms with E-state index in [4.69, 9.17) is 5.11 Å². The summed E-state index contributed by atoms with van der Waals surface area (Å²) in [5.74, 6) is -0.831. The maximum absolute atomic E-state index is 10.3. The fraction of sp³-hybridized carbons (Fsp3) is 0.900. The quantitative estimate of drug-likeness (QED) is 0.649. The highest BCUT2D eigenvalue weighted by atomic mass is 16.4. The van der Waals surface area contributed by atoms with Gasteiger partial charge in [0.05, 0.1) is 5.92 Å². The molecule has 0 rings (SSSR count). The lowest BCUT2D eigenvalue weighted by Gasteiger charge is -2.03. The Morgan fingerprint density at radius 3 is 2.17 bits per heavy atom. The highest BCUT2D eigenvalue weighted by Crippen LogP contribution is 2.08. The van der Waals surface area contributed by atoms with Crippen molar-refractivity contribution in [2.24, 2.45) is 5.92 Å². The van der Waals surface area contributed by atoms with Crippen LogP contribution in [0.4, 0.5) is 0 Å². The molecule has 2 nitrogen and oxygen atoms in total. The van der Waals surface area contributed by atoms with Crippen LogP contribution in [0.25, 0.3) is 0 Å². The summed E-state index contributed by atoms with van der Waals surface area (Å²) < 4.78 is 0. The summed E-state index contributed by atoms with van der Waals surface area (Å²) in [6, 6.07) is 0. The Labute approximate surface area is 76.0 Å². The predicted octanol–water partition coefficient (Wildman–Crippen LogP) is 3.31. The first-order valence-electron chi connectivity index (χ1n) is 4.91. The highest BCUT2D eigenvalue weighted by Gasteiger charge is 2.08. The molecule has 74 valence electrons. The molecule has 0 aliphatic heterocycles. The molecule has 0 aromatic heterocycles. The number of carboxylic acid groups (broad SMARTS) is 1. The molecule has 0 aliphatic rings. The van der Waals surface area contributed by atoms with Crippen LogP contribution in [-0.4, -0.2) is 11.1 Å². The standard InChI is InChI=1S/C8H16O2.C2H6/c1-3-4-5-6-7(2)8(9)10;1-2/h7H,3-6H2,1-2H3,(H,9,10);1-2H3/t7-;/m0./s1. The van der Waals surface area contributed by atoms with Crippen molar-refractivity contribution in [3.63, 3.8) is 0 Å². The molecule has 2 heteroatoms. The summed E-state index contributed by atoms with van der Waals surface area (Å²) in [7, 11) is 0. The first kappa shape index (κ1) is 14.0. The van der Waals surface area contributed by atoms with E-state index in [0.717, 1.165) is 25.7 Å². The number of carbonyl (C=O) groups is 1. The lowest BCUT2D eigenvalue weighted by atomic mass is 10.0. The molecule has 1 N–H and O–H groups in total. The number of carboxylic acids is 1. The van der Waals surface area contributed by atoms with Crippen molar-refractivity contribution >= 4 is 5.97 Å². The Hall–Kier alpha value is -0.530. The van der Waals surface area contributed by atoms with Crippen LogP contribution in [0.5, 0.6) is 0 Å². The van der Waals surface area contributed by atoms with Gasteiger partial charge in [-0.2, -0.15) is 0 Å². The molecule has 0 aromatic carbocycles. The minimum absolute atomic E-state index is 0.161. The van der Waals surface area contributed by atoms with Crippen LogP contribution in [-0.2, 0) is 4.79 Å². The average Bonchev–Trinajstić information content (AvgIpc) is 2.08. The van der Waals surface area contributed by atoms with E-state index in [0.29, 0.717) is 0 Å². The van der Waals surface area contributed by atoms with Gasteiger partial charge in [0, 0.05) is 0 Å². The van der Waals surface area contributed by atoms with Gasteiger partial charge in [0.1, 0.15) is 0 Å². The van der Waals surface area contributed by atoms with E-state index in [2.05, 4.69) is 6.92 Å². The van der Waals surface area contributed by atoms with Gasteiger partial charge >= 0.3 is 5.97 Å². The van der Waals surface area contributed by atoms with E-state index in [9.17, 15) is 4.79 Å². The molecule has 0 heterocycles. The average molecular weight is 174 g/mol. The second kappa shape index (κ2) is 10.5. The molecule has 0 aliphatic carbocycles. The van der Waals surface area contributed by atoms with E-state index in [1.165, 1.54) is 0 Å². The molecule has 0 fully saturated rings. The van der Waals surface area contributed by atoms with Gasteiger partial charge in [0.15, 0.2) is 0 Å². The van der Waals surface area contributed by atoms with Gasteiger partial charge in [-0.3, -0.25) is 4.79 Å². The molecular weight excluding hydrogens is 152 g/mol. The maximum Gasteiger partial charge on any atom is 0.306 e. The Balaban J connectivity index is 0. The van der Waals surface area contributed by atoms with Gasteiger partial charge in [-0.1, -0.05) is 47.0 Å². The highest BCUT2D eigenvalue weighted by molar-refractivity contribution is 5.69. The molecule has 1 atom stereocenters. The number of rotatable bonds is 5. The first-order chi connectivity index (χ1) is 5.68. The van der Waals surface area contributed by atoms with Gasteiger partial charge in [0.25, 0.3) is 0 Å². The topological polar surface area (TPSA) is 37.3 Å². The number of hydrogen-bond donors (Lipinski definition) is 1. The zero-order valence-electron chi connectivity index (χ0n) is 8.76. The number of aliphatic carboxylic acids is 1. The molecule has 0 bridgehead atoms. The van der Waals surface area contributed by atoms with Crippen LogP contribution in [0.1, 0.15) is 53.4 Å². The molecular formula is C10H22O2. The summed E-state index contributed by atoms with van der Waals surface area (Å²) >= 11 is 0. The van der Waals surface area contributed by atoms with Gasteiger partial charge in [-0.15, -0.1) is 0 Å². The normalized spacial score (nSPS) is 11.3. The van der Waals surface area contributed by atoms with Crippen molar-refractivity contribution in [3.05, 3.63) is 0 Å². The summed E-state index contributed by atoms with van der Waals surface area (Å²) in [5.41, 5.74) is 0. The summed E-state index contributed by atoms with van der Waals surface area (Å²) in [6.07, 6.45) is 4.18. The minimum Gasteiger partial charge on any atom is -0.481 e. The Morgan fingerprint density at radius 1 is 1.33 bits per heavy atom. The third-order valence-corrected chi connectivity index (χ3v) is 1.66. The smallest absolute Gasteiger partial charge is 0.306 e. The minimum atomic E-state index is -0.670. The fourth-order valence-electron chi connectivity index (χ4n) is 0.824. The monoisotopic (exact) mass is 174 g/mol. The Morgan fingerprint density at radius 2 is 1.83 bits per heavy atom. The van der Waals surface area contributed by atoms with E-state index >= 15 is 0 Å². The van der Waals surface area contributed by atoms with Crippen molar-refractivity contribution in [2.75, 3.05) is 0 Å². The molecule has 0 unspecified atom stereocenters. The second-order valence-electron chi connectivity index (χ2n) is 2.74. The molecule has 0 spiro atoms. The largest absolute Gasteiger partial charge is 0.481 e. The van der Waals surface area contributed by atoms with Crippen LogP contribution in [0.2, 0.25) is 0 Å². The van der Waals surface area contributed by atoms with Crippen LogP contribution in [0.3, 0.4) is 0 Å². The lowest BCUT2D eigenvalue weighted by Crippen LogP contribution is -2.08. The van der Waals surface area contributed by atoms with Crippen molar-refractivity contribution in [1.29, 1.82) is 0 Å². The van der Waals surface area contributed by atoms with Gasteiger partial charge < -0.3 is 5.11 Å². The SMILES string of the molecule is CC.CCCCC[C@H](C)C(=O)O. The lowest BCUT2D eigenvalue weighted by molar-refractivity contribution is -0.141. The van der Waals surface area contributed by atoms with Crippen LogP contribution >= 0.6 is 0 Å². The molecule has 0 amide bonds. The van der Waals surface area contributed by atoms with Crippen LogP contribution < -0.4 is 0 Å². The van der Waals surface area contributed by atoms with Crippen molar-refractivity contribution in [1.82, 2.24) is 0 Å². The third kappa shape index (κ3) is 9.47. The Kier molecular flexibility index (Phi) is 12.2. The number of hydrogen-bond acceptors (Lipinski definition) is 1. The van der Waals surface area contributed by atoms with Crippen molar-refractivity contribution in [2.45, 2.75) is 53.4 Å². The second-order valence-corrected chi connectivity index (χ2v) is 2.74. The van der Waals surface area contributed by atoms with E-state index < -0.39 is 5.97 Å². The van der Waals surface area contributed by atoms with Crippen molar-refractivity contribution < 1.29 is 9.90 Å². The molecule has 0 saturated carbocycles. The molecule has 0 radical (unpaired) electrons. The fourth-order valence-corrected chi connectivity index (χ4v) is 0.824. The Bertz CT molecular complexity index is 100. The summed E-state index contributed by atoms with van der Waals surface area (Å²) in [6.45, 7) is 7.88. The molecule has 0 aromatic rings. The van der Waals surface area contributed by atoms with Gasteiger partial charge in [0.2, 0.25) is 0 Å². The maximum atomic E-state index is 10.3.